The van der Waals surface area contributed by atoms with E-state index in [1.165, 1.54) is 23.5 Å². The number of thioether (sulfide) groups is 1. The number of carboxylic acids is 1. The summed E-state index contributed by atoms with van der Waals surface area (Å²) in [4.78, 5) is 20.7. The molecule has 0 saturated carbocycles. The van der Waals surface area contributed by atoms with Crippen LogP contribution in [0, 0.1) is 6.92 Å². The average Bonchev–Trinajstić information content (AvgIpc) is 3.28. The second-order valence-electron chi connectivity index (χ2n) is 6.98. The van der Waals surface area contributed by atoms with Gasteiger partial charge in [0, 0.05) is 38.2 Å². The third-order valence-electron chi connectivity index (χ3n) is 4.80. The fourth-order valence-electron chi connectivity index (χ4n) is 3.19. The topological polar surface area (TPSA) is 66.0 Å². The minimum Gasteiger partial charge on any atom is -0.481 e. The molecule has 4 nitrogen and oxygen atoms in total. The van der Waals surface area contributed by atoms with Crippen molar-refractivity contribution in [3.8, 4) is 10.6 Å². The summed E-state index contributed by atoms with van der Waals surface area (Å²) >= 11 is 3.07. The summed E-state index contributed by atoms with van der Waals surface area (Å²) in [6.45, 7) is 1.89. The van der Waals surface area contributed by atoms with E-state index >= 15 is 0 Å². The first-order chi connectivity index (χ1) is 14.7. The Morgan fingerprint density at radius 2 is 1.94 bits per heavy atom. The molecule has 0 aliphatic carbocycles. The van der Waals surface area contributed by atoms with Crippen LogP contribution in [0.4, 0.5) is 13.2 Å². The number of benzene rings is 2. The molecule has 2 N–H and O–H groups in total. The molecule has 0 unspecified atom stereocenters. The molecule has 2 aromatic heterocycles. The molecule has 0 fully saturated rings. The summed E-state index contributed by atoms with van der Waals surface area (Å²) < 4.78 is 38.3. The van der Waals surface area contributed by atoms with Crippen LogP contribution in [0.3, 0.4) is 0 Å². The number of hydrogen-bond donors (Lipinski definition) is 2. The molecule has 31 heavy (non-hydrogen) atoms. The molecule has 0 bridgehead atoms. The number of H-pyrrole nitrogens is 1. The van der Waals surface area contributed by atoms with Gasteiger partial charge in [0.25, 0.3) is 0 Å². The highest BCUT2D eigenvalue weighted by Gasteiger charge is 2.30. The van der Waals surface area contributed by atoms with E-state index in [0.29, 0.717) is 16.3 Å². The van der Waals surface area contributed by atoms with Crippen LogP contribution in [0.2, 0.25) is 0 Å². The third-order valence-corrected chi connectivity index (χ3v) is 7.21. The van der Waals surface area contributed by atoms with Gasteiger partial charge in [0.1, 0.15) is 5.01 Å². The number of thiazole rings is 1. The van der Waals surface area contributed by atoms with Crippen LogP contribution < -0.4 is 0 Å². The summed E-state index contributed by atoms with van der Waals surface area (Å²) in [5.74, 6) is -0.219. The molecule has 0 atom stereocenters. The normalized spacial score (nSPS) is 11.9. The molecule has 160 valence electrons. The number of hydrogen-bond acceptors (Lipinski definition) is 4. The van der Waals surface area contributed by atoms with Crippen molar-refractivity contribution in [1.82, 2.24) is 9.97 Å². The van der Waals surface area contributed by atoms with Crippen LogP contribution in [0.15, 0.2) is 53.6 Å². The van der Waals surface area contributed by atoms with E-state index in [1.54, 1.807) is 18.0 Å². The summed E-state index contributed by atoms with van der Waals surface area (Å²) in [5.41, 5.74) is 2.46. The summed E-state index contributed by atoms with van der Waals surface area (Å²) in [5, 5.41) is 10.6. The number of fused-ring (bicyclic) bond motifs is 1. The van der Waals surface area contributed by atoms with Crippen molar-refractivity contribution in [3.05, 3.63) is 70.4 Å². The zero-order valence-corrected chi connectivity index (χ0v) is 17.9. The molecule has 0 amide bonds. The largest absolute Gasteiger partial charge is 0.481 e. The van der Waals surface area contributed by atoms with Gasteiger partial charge in [-0.1, -0.05) is 12.1 Å². The van der Waals surface area contributed by atoms with Gasteiger partial charge in [-0.15, -0.1) is 23.1 Å². The van der Waals surface area contributed by atoms with Gasteiger partial charge in [-0.3, -0.25) is 4.79 Å². The van der Waals surface area contributed by atoms with E-state index in [2.05, 4.69) is 9.97 Å². The highest BCUT2D eigenvalue weighted by Crippen LogP contribution is 2.35. The van der Waals surface area contributed by atoms with Crippen LogP contribution in [0.1, 0.15) is 21.7 Å². The molecule has 0 aliphatic rings. The van der Waals surface area contributed by atoms with Gasteiger partial charge in [0.05, 0.1) is 17.7 Å². The first-order valence-electron chi connectivity index (χ1n) is 9.29. The molecule has 4 aromatic rings. The summed E-state index contributed by atoms with van der Waals surface area (Å²) in [6, 6.07) is 10.9. The third kappa shape index (κ3) is 4.77. The molecular weight excluding hydrogens is 445 g/mol. The van der Waals surface area contributed by atoms with Gasteiger partial charge < -0.3 is 10.1 Å². The number of aromatic amines is 1. The lowest BCUT2D eigenvalue weighted by molar-refractivity contribution is -0.138. The number of nitrogens with one attached hydrogen (secondary N) is 1. The minimum atomic E-state index is -4.36. The van der Waals surface area contributed by atoms with Crippen molar-refractivity contribution in [1.29, 1.82) is 0 Å². The van der Waals surface area contributed by atoms with Crippen LogP contribution in [-0.4, -0.2) is 21.0 Å². The number of aryl methyl sites for hydroxylation is 1. The lowest BCUT2D eigenvalue weighted by Gasteiger charge is -2.06. The van der Waals surface area contributed by atoms with E-state index in [0.717, 1.165) is 44.1 Å². The highest BCUT2D eigenvalue weighted by molar-refractivity contribution is 7.98. The van der Waals surface area contributed by atoms with Gasteiger partial charge in [-0.2, -0.15) is 13.2 Å². The average molecular weight is 463 g/mol. The Morgan fingerprint density at radius 1 is 1.19 bits per heavy atom. The van der Waals surface area contributed by atoms with Gasteiger partial charge in [-0.25, -0.2) is 4.98 Å². The Balaban J connectivity index is 1.51. The molecule has 0 spiro atoms. The van der Waals surface area contributed by atoms with Gasteiger partial charge in [0.15, 0.2) is 0 Å². The van der Waals surface area contributed by atoms with Crippen molar-refractivity contribution < 1.29 is 23.1 Å². The SMILES string of the molecule is Cc1nc(-c2ccc(C(F)(F)F)cc2)sc1CSc1ccc2[nH]cc(CC(=O)O)c2c1. The van der Waals surface area contributed by atoms with E-state index in [4.69, 9.17) is 5.11 Å². The lowest BCUT2D eigenvalue weighted by Crippen LogP contribution is -2.03. The van der Waals surface area contributed by atoms with Crippen LogP contribution in [0.5, 0.6) is 0 Å². The van der Waals surface area contributed by atoms with Crippen molar-refractivity contribution in [2.24, 2.45) is 0 Å². The van der Waals surface area contributed by atoms with Crippen LogP contribution in [-0.2, 0) is 23.1 Å². The Hall–Kier alpha value is -2.78. The molecule has 2 aromatic carbocycles. The first kappa shape index (κ1) is 21.5. The fraction of sp³-hybridized carbons (Fsp3) is 0.182. The number of halogens is 3. The lowest BCUT2D eigenvalue weighted by atomic mass is 10.1. The van der Waals surface area contributed by atoms with Crippen molar-refractivity contribution in [2.75, 3.05) is 0 Å². The van der Waals surface area contributed by atoms with Gasteiger partial charge in [0.2, 0.25) is 0 Å². The monoisotopic (exact) mass is 462 g/mol. The van der Waals surface area contributed by atoms with Gasteiger partial charge >= 0.3 is 12.1 Å². The van der Waals surface area contributed by atoms with Crippen molar-refractivity contribution in [3.63, 3.8) is 0 Å². The number of carboxylic acid groups (broad SMARTS) is 1. The molecule has 0 aliphatic heterocycles. The van der Waals surface area contributed by atoms with Crippen molar-refractivity contribution in [2.45, 2.75) is 30.2 Å². The number of aromatic nitrogens is 2. The summed E-state index contributed by atoms with van der Waals surface area (Å²) in [7, 11) is 0. The number of rotatable bonds is 6. The first-order valence-corrected chi connectivity index (χ1v) is 11.1. The molecular formula is C22H17F3N2O2S2. The number of alkyl halides is 3. The smallest absolute Gasteiger partial charge is 0.416 e. The Morgan fingerprint density at radius 3 is 2.61 bits per heavy atom. The molecule has 9 heteroatoms. The zero-order chi connectivity index (χ0) is 22.2. The number of aliphatic carboxylic acids is 1. The second-order valence-corrected chi connectivity index (χ2v) is 9.12. The maximum atomic E-state index is 12.8. The molecule has 0 saturated heterocycles. The number of nitrogens with zero attached hydrogens (tertiary/aromatic N) is 1. The van der Waals surface area contributed by atoms with E-state index < -0.39 is 17.7 Å². The fourth-order valence-corrected chi connectivity index (χ4v) is 5.34. The van der Waals surface area contributed by atoms with E-state index in [-0.39, 0.29) is 6.42 Å². The minimum absolute atomic E-state index is 0.0431. The highest BCUT2D eigenvalue weighted by atomic mass is 32.2. The van der Waals surface area contributed by atoms with Crippen LogP contribution >= 0.6 is 23.1 Å². The predicted molar refractivity (Wildman–Crippen MR) is 116 cm³/mol. The Labute approximate surface area is 184 Å². The number of carbonyl (C=O) groups is 1. The van der Waals surface area contributed by atoms with Crippen LogP contribution in [0.25, 0.3) is 21.5 Å². The molecule has 4 rings (SSSR count). The van der Waals surface area contributed by atoms with Gasteiger partial charge in [-0.05, 0) is 42.8 Å². The Kier molecular flexibility index (Phi) is 5.81. The summed E-state index contributed by atoms with van der Waals surface area (Å²) in [6.07, 6.45) is -2.68. The molecule has 2 heterocycles. The Bertz CT molecular complexity index is 1240. The second kappa shape index (κ2) is 8.39. The standard InChI is InChI=1S/C22H17F3N2O2S2/c1-12-19(31-21(27-12)13-2-4-15(5-3-13)22(23,24)25)11-30-16-6-7-18-17(9-16)14(10-26-18)8-20(28)29/h2-7,9-10,26H,8,11H2,1H3,(H,28,29). The van der Waals surface area contributed by atoms with E-state index in [1.807, 2.05) is 25.1 Å². The quantitative estimate of drug-likeness (QED) is 0.320. The van der Waals surface area contributed by atoms with Crippen molar-refractivity contribution >= 4 is 40.0 Å². The predicted octanol–water partition coefficient (Wildman–Crippen LogP) is 6.54. The zero-order valence-electron chi connectivity index (χ0n) is 16.3. The van der Waals surface area contributed by atoms with E-state index in [9.17, 15) is 18.0 Å². The maximum Gasteiger partial charge on any atom is 0.416 e. The maximum absolute atomic E-state index is 12.8. The molecule has 0 radical (unpaired) electrons.